The Hall–Kier alpha value is -1.71. The molecule has 3 rings (SSSR count). The van der Waals surface area contributed by atoms with Gasteiger partial charge in [-0.1, -0.05) is 18.2 Å². The molecule has 21 heavy (non-hydrogen) atoms. The molecule has 3 nitrogen and oxygen atoms in total. The van der Waals surface area contributed by atoms with Crippen molar-refractivity contribution in [3.8, 4) is 5.75 Å². The van der Waals surface area contributed by atoms with E-state index in [2.05, 4.69) is 36.2 Å². The average molecular weight is 306 g/mol. The maximum Gasteiger partial charge on any atom is 0.126 e. The first-order valence-electron chi connectivity index (χ1n) is 6.94. The van der Waals surface area contributed by atoms with Gasteiger partial charge in [0.25, 0.3) is 0 Å². The van der Waals surface area contributed by atoms with Gasteiger partial charge in [-0.25, -0.2) is 0 Å². The molecule has 0 radical (unpaired) electrons. The molecule has 0 unspecified atom stereocenters. The maximum absolute atomic E-state index is 5.53. The van der Waals surface area contributed by atoms with Crippen molar-refractivity contribution in [1.82, 2.24) is 4.90 Å². The monoisotopic (exact) mass is 305 g/mol. The Morgan fingerprint density at radius 1 is 1.29 bits per heavy atom. The van der Waals surface area contributed by atoms with Gasteiger partial charge in [-0.05, 0) is 42.4 Å². The van der Waals surface area contributed by atoms with Crippen molar-refractivity contribution >= 4 is 18.5 Å². The predicted octanol–water partition coefficient (Wildman–Crippen LogP) is 3.78. The van der Waals surface area contributed by atoms with Crippen LogP contribution in [-0.4, -0.2) is 25.1 Å². The van der Waals surface area contributed by atoms with Crippen LogP contribution in [0.4, 0.5) is 0 Å². The number of likely N-dealkylation sites (N-methyl/N-ethyl adjacent to an activating group) is 1. The molecule has 0 N–H and O–H groups in total. The number of nitrogens with zero attached hydrogens (tertiary/aromatic N) is 1. The third kappa shape index (κ3) is 4.13. The van der Waals surface area contributed by atoms with E-state index in [-0.39, 0.29) is 12.4 Å². The summed E-state index contributed by atoms with van der Waals surface area (Å²) in [4.78, 5) is 2.27. The molecule has 4 heteroatoms. The predicted molar refractivity (Wildman–Crippen MR) is 87.0 cm³/mol. The number of fused-ring (bicyclic) bond motifs is 1. The number of furan rings is 1. The summed E-state index contributed by atoms with van der Waals surface area (Å²) < 4.78 is 10.8. The zero-order valence-corrected chi connectivity index (χ0v) is 12.9. The van der Waals surface area contributed by atoms with E-state index in [1.165, 1.54) is 11.1 Å². The summed E-state index contributed by atoms with van der Waals surface area (Å²) in [6.45, 7) is 2.66. The number of hydrogen-bond donors (Lipinski definition) is 0. The highest BCUT2D eigenvalue weighted by molar-refractivity contribution is 5.85. The molecule has 0 saturated heterocycles. The van der Waals surface area contributed by atoms with Crippen LogP contribution in [-0.2, 0) is 13.0 Å². The molecular formula is C17H20ClNO2. The second-order valence-corrected chi connectivity index (χ2v) is 5.16. The lowest BCUT2D eigenvalue weighted by Crippen LogP contribution is -2.17. The van der Waals surface area contributed by atoms with Gasteiger partial charge in [0.2, 0.25) is 0 Å². The molecule has 1 aliphatic rings. The molecule has 2 aromatic rings. The molecule has 0 atom stereocenters. The standard InChI is InChI=1S/C17H19NO2.ClH/c1-18(9-2-4-16-5-3-10-19-16)13-14-6-7-17-15(12-14)8-11-20-17;/h2-7,10,12H,8-9,11,13H2,1H3;1H/b4-2+;. The molecule has 0 aliphatic carbocycles. The smallest absolute Gasteiger partial charge is 0.126 e. The van der Waals surface area contributed by atoms with E-state index in [0.29, 0.717) is 0 Å². The third-order valence-electron chi connectivity index (χ3n) is 3.45. The first kappa shape index (κ1) is 15.7. The van der Waals surface area contributed by atoms with E-state index in [9.17, 15) is 0 Å². The largest absolute Gasteiger partial charge is 0.493 e. The number of hydrogen-bond acceptors (Lipinski definition) is 3. The van der Waals surface area contributed by atoms with Crippen molar-refractivity contribution in [2.45, 2.75) is 13.0 Å². The number of benzene rings is 1. The summed E-state index contributed by atoms with van der Waals surface area (Å²) in [6.07, 6.45) is 6.85. The molecule has 0 saturated carbocycles. The van der Waals surface area contributed by atoms with Gasteiger partial charge in [-0.15, -0.1) is 12.4 Å². The Labute approximate surface area is 131 Å². The topological polar surface area (TPSA) is 25.6 Å². The lowest BCUT2D eigenvalue weighted by Gasteiger charge is -2.14. The van der Waals surface area contributed by atoms with Crippen molar-refractivity contribution in [3.63, 3.8) is 0 Å². The van der Waals surface area contributed by atoms with Crippen molar-refractivity contribution in [2.75, 3.05) is 20.2 Å². The van der Waals surface area contributed by atoms with Crippen molar-refractivity contribution in [3.05, 3.63) is 59.6 Å². The van der Waals surface area contributed by atoms with Gasteiger partial charge in [0.15, 0.2) is 0 Å². The Morgan fingerprint density at radius 3 is 3.00 bits per heavy atom. The first-order chi connectivity index (χ1) is 9.81. The van der Waals surface area contributed by atoms with E-state index in [1.54, 1.807) is 6.26 Å². The fraction of sp³-hybridized carbons (Fsp3) is 0.294. The van der Waals surface area contributed by atoms with E-state index in [4.69, 9.17) is 9.15 Å². The molecule has 0 fully saturated rings. The average Bonchev–Trinajstić information content (AvgIpc) is 3.08. The van der Waals surface area contributed by atoms with Gasteiger partial charge in [0, 0.05) is 19.5 Å². The SMILES string of the molecule is CN(C/C=C/c1ccco1)Cc1ccc2c(c1)CCO2.Cl. The summed E-state index contributed by atoms with van der Waals surface area (Å²) in [5, 5.41) is 0. The molecule has 1 aromatic carbocycles. The lowest BCUT2D eigenvalue weighted by atomic mass is 10.1. The number of rotatable bonds is 5. The van der Waals surface area contributed by atoms with Gasteiger partial charge in [-0.2, -0.15) is 0 Å². The minimum atomic E-state index is 0. The van der Waals surface area contributed by atoms with E-state index >= 15 is 0 Å². The van der Waals surface area contributed by atoms with Crippen LogP contribution in [0.3, 0.4) is 0 Å². The zero-order chi connectivity index (χ0) is 13.8. The molecular weight excluding hydrogens is 286 g/mol. The molecule has 2 heterocycles. The number of halogens is 1. The summed E-state index contributed by atoms with van der Waals surface area (Å²) in [6, 6.07) is 10.4. The van der Waals surface area contributed by atoms with Gasteiger partial charge in [0.1, 0.15) is 11.5 Å². The summed E-state index contributed by atoms with van der Waals surface area (Å²) in [7, 11) is 2.12. The van der Waals surface area contributed by atoms with Gasteiger partial charge in [0.05, 0.1) is 12.9 Å². The summed E-state index contributed by atoms with van der Waals surface area (Å²) in [5.74, 6) is 1.95. The van der Waals surface area contributed by atoms with Crippen LogP contribution in [0.15, 0.2) is 47.1 Å². The normalized spacial score (nSPS) is 13.2. The quantitative estimate of drug-likeness (QED) is 0.840. The highest BCUT2D eigenvalue weighted by atomic mass is 35.5. The highest BCUT2D eigenvalue weighted by Gasteiger charge is 2.12. The van der Waals surface area contributed by atoms with Crippen LogP contribution < -0.4 is 4.74 Å². The third-order valence-corrected chi connectivity index (χ3v) is 3.45. The second kappa shape index (κ2) is 7.34. The minimum Gasteiger partial charge on any atom is -0.493 e. The zero-order valence-electron chi connectivity index (χ0n) is 12.1. The van der Waals surface area contributed by atoms with Crippen LogP contribution >= 0.6 is 12.4 Å². The Balaban J connectivity index is 0.00000161. The molecule has 112 valence electrons. The fourth-order valence-electron chi connectivity index (χ4n) is 2.45. The van der Waals surface area contributed by atoms with E-state index in [1.807, 2.05) is 18.2 Å². The van der Waals surface area contributed by atoms with Crippen LogP contribution in [0.25, 0.3) is 6.08 Å². The molecule has 0 amide bonds. The van der Waals surface area contributed by atoms with E-state index in [0.717, 1.165) is 37.6 Å². The van der Waals surface area contributed by atoms with Crippen molar-refractivity contribution in [2.24, 2.45) is 0 Å². The van der Waals surface area contributed by atoms with Crippen molar-refractivity contribution in [1.29, 1.82) is 0 Å². The summed E-state index contributed by atoms with van der Waals surface area (Å²) in [5.41, 5.74) is 2.67. The Morgan fingerprint density at radius 2 is 2.19 bits per heavy atom. The lowest BCUT2D eigenvalue weighted by molar-refractivity contribution is 0.356. The first-order valence-corrected chi connectivity index (χ1v) is 6.94. The van der Waals surface area contributed by atoms with Gasteiger partial charge in [-0.3, -0.25) is 4.90 Å². The fourth-order valence-corrected chi connectivity index (χ4v) is 2.45. The summed E-state index contributed by atoms with van der Waals surface area (Å²) >= 11 is 0. The van der Waals surface area contributed by atoms with Crippen LogP contribution in [0.1, 0.15) is 16.9 Å². The Bertz CT molecular complexity index is 593. The number of ether oxygens (including phenoxy) is 1. The molecule has 0 bridgehead atoms. The van der Waals surface area contributed by atoms with E-state index < -0.39 is 0 Å². The maximum atomic E-state index is 5.53. The van der Waals surface area contributed by atoms with Crippen LogP contribution in [0.5, 0.6) is 5.75 Å². The second-order valence-electron chi connectivity index (χ2n) is 5.16. The van der Waals surface area contributed by atoms with Crippen LogP contribution in [0, 0.1) is 0 Å². The molecule has 1 aliphatic heterocycles. The van der Waals surface area contributed by atoms with Crippen molar-refractivity contribution < 1.29 is 9.15 Å². The Kier molecular flexibility index (Phi) is 5.48. The van der Waals surface area contributed by atoms with Gasteiger partial charge < -0.3 is 9.15 Å². The van der Waals surface area contributed by atoms with Crippen LogP contribution in [0.2, 0.25) is 0 Å². The molecule has 1 aromatic heterocycles. The highest BCUT2D eigenvalue weighted by Crippen LogP contribution is 2.26. The van der Waals surface area contributed by atoms with Gasteiger partial charge >= 0.3 is 0 Å². The molecule has 0 spiro atoms. The minimum absolute atomic E-state index is 0.